The number of rotatable bonds is 1. The van der Waals surface area contributed by atoms with Crippen LogP contribution in [0.5, 0.6) is 0 Å². The van der Waals surface area contributed by atoms with E-state index >= 15 is 0 Å². The van der Waals surface area contributed by atoms with Gasteiger partial charge in [0, 0.05) is 23.5 Å². The normalized spacial score (nSPS) is 17.2. The summed E-state index contributed by atoms with van der Waals surface area (Å²) in [4.78, 5) is 7.70. The number of anilines is 1. The number of H-pyrrole nitrogens is 1. The first-order valence-corrected chi connectivity index (χ1v) is 7.01. The molecule has 1 atom stereocenters. The maximum Gasteiger partial charge on any atom is 0.137 e. The molecule has 3 heteroatoms. The standard InChI is InChI=1S/C17H17N3/c1-10-3-4-15-12(7-10)8-16(20-15)14-9-19-17-13(11(14)2)5-6-18-17/h3-7,9,16,20H,8H2,1-2H3,(H,18,19). The molecule has 0 bridgehead atoms. The van der Waals surface area contributed by atoms with Crippen LogP contribution in [0.2, 0.25) is 0 Å². The minimum atomic E-state index is 0.332. The van der Waals surface area contributed by atoms with Crippen LogP contribution in [0.1, 0.15) is 28.3 Å². The van der Waals surface area contributed by atoms with E-state index in [4.69, 9.17) is 0 Å². The van der Waals surface area contributed by atoms with Gasteiger partial charge in [0.25, 0.3) is 0 Å². The van der Waals surface area contributed by atoms with E-state index in [0.29, 0.717) is 6.04 Å². The lowest BCUT2D eigenvalue weighted by molar-refractivity contribution is 0.813. The van der Waals surface area contributed by atoms with Gasteiger partial charge in [-0.3, -0.25) is 0 Å². The van der Waals surface area contributed by atoms with E-state index in [9.17, 15) is 0 Å². The highest BCUT2D eigenvalue weighted by molar-refractivity contribution is 5.80. The zero-order valence-electron chi connectivity index (χ0n) is 11.7. The molecule has 0 radical (unpaired) electrons. The fraction of sp³-hybridized carbons (Fsp3) is 0.235. The molecule has 0 saturated heterocycles. The van der Waals surface area contributed by atoms with E-state index < -0.39 is 0 Å². The number of nitrogens with one attached hydrogen (secondary N) is 2. The molecular weight excluding hydrogens is 246 g/mol. The molecule has 0 fully saturated rings. The molecule has 4 rings (SSSR count). The Labute approximate surface area is 118 Å². The van der Waals surface area contributed by atoms with E-state index in [1.807, 2.05) is 12.4 Å². The van der Waals surface area contributed by atoms with Gasteiger partial charge in [-0.1, -0.05) is 17.7 Å². The second-order valence-electron chi connectivity index (χ2n) is 5.64. The minimum Gasteiger partial charge on any atom is -0.378 e. The highest BCUT2D eigenvalue weighted by atomic mass is 15.0. The third-order valence-electron chi connectivity index (χ3n) is 4.28. The zero-order chi connectivity index (χ0) is 13.7. The third kappa shape index (κ3) is 1.63. The second-order valence-corrected chi connectivity index (χ2v) is 5.64. The number of aromatic nitrogens is 2. The SMILES string of the molecule is Cc1ccc2c(c1)CC(c1cnc3[nH]ccc3c1C)N2. The number of pyridine rings is 1. The van der Waals surface area contributed by atoms with Crippen LogP contribution in [0.25, 0.3) is 11.0 Å². The van der Waals surface area contributed by atoms with Gasteiger partial charge in [-0.2, -0.15) is 0 Å². The molecule has 3 heterocycles. The maximum atomic E-state index is 4.53. The van der Waals surface area contributed by atoms with Gasteiger partial charge in [0.05, 0.1) is 6.04 Å². The predicted molar refractivity (Wildman–Crippen MR) is 82.1 cm³/mol. The van der Waals surface area contributed by atoms with Crippen molar-refractivity contribution in [3.05, 3.63) is 58.9 Å². The summed E-state index contributed by atoms with van der Waals surface area (Å²) < 4.78 is 0. The molecule has 0 saturated carbocycles. The lowest BCUT2D eigenvalue weighted by atomic mass is 9.98. The molecule has 100 valence electrons. The summed E-state index contributed by atoms with van der Waals surface area (Å²) in [5.41, 5.74) is 7.57. The quantitative estimate of drug-likeness (QED) is 0.699. The van der Waals surface area contributed by atoms with Gasteiger partial charge in [0.2, 0.25) is 0 Å². The average molecular weight is 263 g/mol. The topological polar surface area (TPSA) is 40.7 Å². The summed E-state index contributed by atoms with van der Waals surface area (Å²) in [6.45, 7) is 4.33. The van der Waals surface area contributed by atoms with E-state index in [0.717, 1.165) is 12.1 Å². The van der Waals surface area contributed by atoms with Crippen molar-refractivity contribution < 1.29 is 0 Å². The fourth-order valence-electron chi connectivity index (χ4n) is 3.19. The third-order valence-corrected chi connectivity index (χ3v) is 4.28. The summed E-state index contributed by atoms with van der Waals surface area (Å²) in [7, 11) is 0. The van der Waals surface area contributed by atoms with Crippen LogP contribution in [-0.2, 0) is 6.42 Å². The van der Waals surface area contributed by atoms with Crippen molar-refractivity contribution in [1.29, 1.82) is 0 Å². The van der Waals surface area contributed by atoms with Crippen LogP contribution in [-0.4, -0.2) is 9.97 Å². The predicted octanol–water partition coefficient (Wildman–Crippen LogP) is 3.89. The molecule has 0 aliphatic carbocycles. The van der Waals surface area contributed by atoms with Gasteiger partial charge in [0.15, 0.2) is 0 Å². The molecule has 20 heavy (non-hydrogen) atoms. The van der Waals surface area contributed by atoms with Crippen LogP contribution in [0.15, 0.2) is 36.7 Å². The van der Waals surface area contributed by atoms with Crippen LogP contribution < -0.4 is 5.32 Å². The van der Waals surface area contributed by atoms with Crippen molar-refractivity contribution >= 4 is 16.7 Å². The summed E-state index contributed by atoms with van der Waals surface area (Å²) in [5.74, 6) is 0. The highest BCUT2D eigenvalue weighted by Crippen LogP contribution is 2.36. The Morgan fingerprint density at radius 3 is 3.00 bits per heavy atom. The van der Waals surface area contributed by atoms with Crippen molar-refractivity contribution in [2.24, 2.45) is 0 Å². The number of hydrogen-bond acceptors (Lipinski definition) is 2. The second kappa shape index (κ2) is 4.10. The fourth-order valence-corrected chi connectivity index (χ4v) is 3.19. The maximum absolute atomic E-state index is 4.53. The Morgan fingerprint density at radius 2 is 2.10 bits per heavy atom. The van der Waals surface area contributed by atoms with Gasteiger partial charge in [0.1, 0.15) is 5.65 Å². The van der Waals surface area contributed by atoms with E-state index in [2.05, 4.69) is 53.4 Å². The Hall–Kier alpha value is -2.29. The monoisotopic (exact) mass is 263 g/mol. The Balaban J connectivity index is 1.76. The van der Waals surface area contributed by atoms with Crippen molar-refractivity contribution in [1.82, 2.24) is 9.97 Å². The molecule has 1 aliphatic rings. The van der Waals surface area contributed by atoms with Gasteiger partial charge < -0.3 is 10.3 Å². The van der Waals surface area contributed by atoms with Crippen LogP contribution in [0.3, 0.4) is 0 Å². The summed E-state index contributed by atoms with van der Waals surface area (Å²) in [6, 6.07) is 9.06. The molecule has 1 aromatic carbocycles. The highest BCUT2D eigenvalue weighted by Gasteiger charge is 2.24. The van der Waals surface area contributed by atoms with E-state index in [1.165, 1.54) is 33.3 Å². The molecule has 2 N–H and O–H groups in total. The van der Waals surface area contributed by atoms with Gasteiger partial charge in [-0.25, -0.2) is 4.98 Å². The lowest BCUT2D eigenvalue weighted by Gasteiger charge is -2.14. The van der Waals surface area contributed by atoms with Crippen molar-refractivity contribution in [2.75, 3.05) is 5.32 Å². The van der Waals surface area contributed by atoms with Gasteiger partial charge in [-0.05, 0) is 49.1 Å². The number of aromatic amines is 1. The summed E-state index contributed by atoms with van der Waals surface area (Å²) >= 11 is 0. The van der Waals surface area contributed by atoms with Crippen molar-refractivity contribution in [2.45, 2.75) is 26.3 Å². The minimum absolute atomic E-state index is 0.332. The van der Waals surface area contributed by atoms with Crippen molar-refractivity contribution in [3.8, 4) is 0 Å². The molecule has 3 nitrogen and oxygen atoms in total. The van der Waals surface area contributed by atoms with E-state index in [1.54, 1.807) is 0 Å². The van der Waals surface area contributed by atoms with Gasteiger partial charge >= 0.3 is 0 Å². The summed E-state index contributed by atoms with van der Waals surface area (Å²) in [6.07, 6.45) is 4.99. The molecule has 1 aliphatic heterocycles. The molecule has 2 aromatic heterocycles. The Kier molecular flexibility index (Phi) is 2.36. The van der Waals surface area contributed by atoms with Crippen LogP contribution in [0, 0.1) is 13.8 Å². The smallest absolute Gasteiger partial charge is 0.137 e. The lowest BCUT2D eigenvalue weighted by Crippen LogP contribution is -2.08. The Bertz CT molecular complexity index is 801. The zero-order valence-corrected chi connectivity index (χ0v) is 11.7. The molecule has 0 amide bonds. The molecule has 3 aromatic rings. The first-order valence-electron chi connectivity index (χ1n) is 7.01. The molecule has 1 unspecified atom stereocenters. The van der Waals surface area contributed by atoms with E-state index in [-0.39, 0.29) is 0 Å². The van der Waals surface area contributed by atoms with Crippen LogP contribution >= 0.6 is 0 Å². The number of hydrogen-bond donors (Lipinski definition) is 2. The average Bonchev–Trinajstić information content (AvgIpc) is 3.04. The Morgan fingerprint density at radius 1 is 1.20 bits per heavy atom. The number of benzene rings is 1. The number of aryl methyl sites for hydroxylation is 2. The van der Waals surface area contributed by atoms with Crippen molar-refractivity contribution in [3.63, 3.8) is 0 Å². The van der Waals surface area contributed by atoms with Gasteiger partial charge in [-0.15, -0.1) is 0 Å². The first-order chi connectivity index (χ1) is 9.72. The van der Waals surface area contributed by atoms with Crippen LogP contribution in [0.4, 0.5) is 5.69 Å². The number of fused-ring (bicyclic) bond motifs is 2. The number of nitrogens with zero attached hydrogens (tertiary/aromatic N) is 1. The molecular formula is C17H17N3. The molecule has 0 spiro atoms. The summed E-state index contributed by atoms with van der Waals surface area (Å²) in [5, 5.41) is 4.84. The first kappa shape index (κ1) is 11.5. The largest absolute Gasteiger partial charge is 0.378 e.